The predicted octanol–water partition coefficient (Wildman–Crippen LogP) is 4.57. The lowest BCUT2D eigenvalue weighted by molar-refractivity contribution is -0.896. The third-order valence-corrected chi connectivity index (χ3v) is 6.05. The molecule has 0 saturated heterocycles. The maximum absolute atomic E-state index is 12.0. The van der Waals surface area contributed by atoms with Crippen molar-refractivity contribution in [3.05, 3.63) is 0 Å². The van der Waals surface area contributed by atoms with E-state index in [1.165, 1.54) is 58.5 Å². The standard InChI is InChI=1S/C22H47N2O7P/c1-6-7-8-9-10-11-12-13-14-15-18-23-22(25)31-21(29-5)17-16-20(24(2,3)4)19-30-32(26,27)28/h20-21H,6-19H2,1-5H3,(H2-,23,25,26,27,28)/p+1. The monoisotopic (exact) mass is 483 g/mol. The smallest absolute Gasteiger partial charge is 0.420 e. The number of carbonyl (C=O) groups excluding carboxylic acids is 1. The topological polar surface area (TPSA) is 114 Å². The van der Waals surface area contributed by atoms with Crippen LogP contribution in [0.25, 0.3) is 0 Å². The van der Waals surface area contributed by atoms with Crippen molar-refractivity contribution in [3.8, 4) is 0 Å². The normalized spacial score (nSPS) is 14.2. The Bertz CT molecular complexity index is 523. The van der Waals surface area contributed by atoms with Crippen LogP contribution in [0.3, 0.4) is 0 Å². The van der Waals surface area contributed by atoms with Crippen molar-refractivity contribution >= 4 is 13.9 Å². The molecule has 0 spiro atoms. The van der Waals surface area contributed by atoms with E-state index in [0.29, 0.717) is 23.9 Å². The molecule has 32 heavy (non-hydrogen) atoms. The number of rotatable bonds is 20. The quantitative estimate of drug-likeness (QED) is 0.101. The van der Waals surface area contributed by atoms with E-state index < -0.39 is 20.2 Å². The molecule has 3 N–H and O–H groups in total. The molecule has 0 aromatic rings. The van der Waals surface area contributed by atoms with Gasteiger partial charge in [0.25, 0.3) is 0 Å². The van der Waals surface area contributed by atoms with E-state index in [9.17, 15) is 9.36 Å². The average Bonchev–Trinajstić information content (AvgIpc) is 2.69. The van der Waals surface area contributed by atoms with Crippen molar-refractivity contribution in [2.75, 3.05) is 41.4 Å². The summed E-state index contributed by atoms with van der Waals surface area (Å²) in [4.78, 5) is 29.9. The summed E-state index contributed by atoms with van der Waals surface area (Å²) in [7, 11) is 2.67. The lowest BCUT2D eigenvalue weighted by Gasteiger charge is -2.34. The molecule has 0 fully saturated rings. The van der Waals surface area contributed by atoms with Crippen LogP contribution in [0.5, 0.6) is 0 Å². The molecule has 0 heterocycles. The Morgan fingerprint density at radius 3 is 1.94 bits per heavy atom. The van der Waals surface area contributed by atoms with Gasteiger partial charge < -0.3 is 29.1 Å². The van der Waals surface area contributed by atoms with Gasteiger partial charge in [-0.05, 0) is 6.42 Å². The summed E-state index contributed by atoms with van der Waals surface area (Å²) in [5.74, 6) is 0. The van der Waals surface area contributed by atoms with Gasteiger partial charge in [-0.15, -0.1) is 0 Å². The molecule has 0 radical (unpaired) electrons. The number of hydrogen-bond donors (Lipinski definition) is 3. The van der Waals surface area contributed by atoms with Crippen molar-refractivity contribution in [2.45, 2.75) is 96.3 Å². The summed E-state index contributed by atoms with van der Waals surface area (Å²) in [6, 6.07) is -0.196. The zero-order chi connectivity index (χ0) is 24.5. The average molecular weight is 484 g/mol. The summed E-state index contributed by atoms with van der Waals surface area (Å²) < 4.78 is 26.7. The minimum absolute atomic E-state index is 0.102. The molecule has 0 aliphatic carbocycles. The first-order valence-corrected chi connectivity index (χ1v) is 13.5. The summed E-state index contributed by atoms with van der Waals surface area (Å²) in [6.45, 7) is 2.70. The second-order valence-electron chi connectivity index (χ2n) is 9.31. The number of hydrogen-bond acceptors (Lipinski definition) is 5. The molecule has 0 aromatic heterocycles. The number of likely N-dealkylation sites (N-methyl/N-ethyl adjacent to an activating group) is 1. The molecule has 2 unspecified atom stereocenters. The fourth-order valence-corrected chi connectivity index (χ4v) is 3.76. The second-order valence-corrected chi connectivity index (χ2v) is 10.6. The van der Waals surface area contributed by atoms with Gasteiger partial charge >= 0.3 is 13.9 Å². The molecule has 0 saturated carbocycles. The molecule has 0 aromatic carbocycles. The zero-order valence-electron chi connectivity index (χ0n) is 20.9. The largest absolute Gasteiger partial charge is 0.469 e. The van der Waals surface area contributed by atoms with E-state index in [4.69, 9.17) is 19.3 Å². The third kappa shape index (κ3) is 18.8. The van der Waals surface area contributed by atoms with E-state index >= 15 is 0 Å². The maximum Gasteiger partial charge on any atom is 0.469 e. The molecule has 0 aliphatic heterocycles. The van der Waals surface area contributed by atoms with Crippen LogP contribution in [0.15, 0.2) is 0 Å². The number of methoxy groups -OCH3 is 1. The van der Waals surface area contributed by atoms with Crippen LogP contribution in [0.4, 0.5) is 4.79 Å². The molecular weight excluding hydrogens is 435 g/mol. The van der Waals surface area contributed by atoms with Crippen LogP contribution in [0.1, 0.15) is 84.0 Å². The molecule has 0 aliphatic rings. The van der Waals surface area contributed by atoms with E-state index in [1.54, 1.807) is 0 Å². The van der Waals surface area contributed by atoms with E-state index in [-0.39, 0.29) is 12.6 Å². The van der Waals surface area contributed by atoms with Crippen LogP contribution >= 0.6 is 7.82 Å². The Morgan fingerprint density at radius 1 is 0.938 bits per heavy atom. The highest BCUT2D eigenvalue weighted by atomic mass is 31.2. The maximum atomic E-state index is 12.0. The van der Waals surface area contributed by atoms with Crippen LogP contribution in [0.2, 0.25) is 0 Å². The van der Waals surface area contributed by atoms with Gasteiger partial charge in [0.05, 0.1) is 21.1 Å². The molecule has 0 bridgehead atoms. The SMILES string of the molecule is CCCCCCCCCCCCNC(=O)OC(CCC(COP(=O)(O)O)[N+](C)(C)C)OC. The molecular formula is C22H48N2O7P+. The highest BCUT2D eigenvalue weighted by Crippen LogP contribution is 2.36. The number of nitrogens with one attached hydrogen (secondary N) is 1. The molecule has 0 rings (SSSR count). The molecule has 1 amide bonds. The first kappa shape index (κ1) is 31.3. The number of alkyl carbamates (subject to hydrolysis) is 1. The van der Waals surface area contributed by atoms with Crippen LogP contribution in [-0.4, -0.2) is 74.1 Å². The number of amides is 1. The molecule has 10 heteroatoms. The van der Waals surface area contributed by atoms with Gasteiger partial charge in [0, 0.05) is 26.5 Å². The highest BCUT2D eigenvalue weighted by Gasteiger charge is 2.29. The van der Waals surface area contributed by atoms with Crippen molar-refractivity contribution < 1.29 is 37.6 Å². The lowest BCUT2D eigenvalue weighted by Crippen LogP contribution is -2.48. The van der Waals surface area contributed by atoms with Crippen molar-refractivity contribution in [2.24, 2.45) is 0 Å². The number of phosphoric ester groups is 1. The Balaban J connectivity index is 4.02. The molecule has 192 valence electrons. The van der Waals surface area contributed by atoms with Crippen LogP contribution in [-0.2, 0) is 18.6 Å². The van der Waals surface area contributed by atoms with Gasteiger partial charge in [-0.3, -0.25) is 4.52 Å². The van der Waals surface area contributed by atoms with Gasteiger partial charge in [-0.25, -0.2) is 9.36 Å². The zero-order valence-corrected chi connectivity index (χ0v) is 21.8. The van der Waals surface area contributed by atoms with E-state index in [2.05, 4.69) is 16.8 Å². The third-order valence-electron chi connectivity index (χ3n) is 5.57. The van der Waals surface area contributed by atoms with Gasteiger partial charge in [0.2, 0.25) is 6.29 Å². The highest BCUT2D eigenvalue weighted by molar-refractivity contribution is 7.46. The number of nitrogens with zero attached hydrogens (tertiary/aromatic N) is 1. The van der Waals surface area contributed by atoms with Crippen molar-refractivity contribution in [3.63, 3.8) is 0 Å². The molecule has 9 nitrogen and oxygen atoms in total. The Kier molecular flexibility index (Phi) is 17.3. The summed E-state index contributed by atoms with van der Waals surface area (Å²) in [6.07, 6.45) is 12.0. The Morgan fingerprint density at radius 2 is 1.47 bits per heavy atom. The Hall–Kier alpha value is -0.700. The summed E-state index contributed by atoms with van der Waals surface area (Å²) in [5.41, 5.74) is 0. The van der Waals surface area contributed by atoms with Gasteiger partial charge in [-0.1, -0.05) is 64.7 Å². The first-order chi connectivity index (χ1) is 15.0. The summed E-state index contributed by atoms with van der Waals surface area (Å²) in [5, 5.41) is 2.76. The number of carbonyl (C=O) groups is 1. The fraction of sp³-hybridized carbons (Fsp3) is 0.955. The van der Waals surface area contributed by atoms with E-state index in [1.807, 2.05) is 21.1 Å². The van der Waals surface area contributed by atoms with Gasteiger partial charge in [-0.2, -0.15) is 0 Å². The number of ether oxygens (including phenoxy) is 2. The number of unbranched alkanes of at least 4 members (excludes halogenated alkanes) is 9. The lowest BCUT2D eigenvalue weighted by atomic mass is 10.1. The van der Waals surface area contributed by atoms with Gasteiger partial charge in [0.15, 0.2) is 0 Å². The predicted molar refractivity (Wildman–Crippen MR) is 126 cm³/mol. The fourth-order valence-electron chi connectivity index (χ4n) is 3.39. The van der Waals surface area contributed by atoms with Crippen molar-refractivity contribution in [1.29, 1.82) is 0 Å². The number of phosphoric acid groups is 1. The number of quaternary nitrogens is 1. The molecule has 2 atom stereocenters. The van der Waals surface area contributed by atoms with Crippen LogP contribution < -0.4 is 5.32 Å². The summed E-state index contributed by atoms with van der Waals surface area (Å²) >= 11 is 0. The van der Waals surface area contributed by atoms with Crippen LogP contribution in [0, 0.1) is 0 Å². The Labute approximate surface area is 195 Å². The first-order valence-electron chi connectivity index (χ1n) is 12.0. The van der Waals surface area contributed by atoms with Gasteiger partial charge in [0.1, 0.15) is 12.6 Å². The van der Waals surface area contributed by atoms with E-state index in [0.717, 1.165) is 12.8 Å². The minimum Gasteiger partial charge on any atom is -0.420 e. The second kappa shape index (κ2) is 17.7. The van der Waals surface area contributed by atoms with Crippen molar-refractivity contribution in [1.82, 2.24) is 5.32 Å². The minimum atomic E-state index is -4.53.